The molecule has 0 spiro atoms. The first-order chi connectivity index (χ1) is 7.74. The number of aliphatic imine (C=N–C) groups is 1. The van der Waals surface area contributed by atoms with Gasteiger partial charge in [-0.2, -0.15) is 0 Å². The number of carbonyl (C=O) groups excluding carboxylic acids is 1. The first-order valence-electron chi connectivity index (χ1n) is 6.03. The summed E-state index contributed by atoms with van der Waals surface area (Å²) in [6, 6.07) is 0. The van der Waals surface area contributed by atoms with Crippen LogP contribution < -0.4 is 16.0 Å². The molecule has 0 fully saturated rings. The van der Waals surface area contributed by atoms with Crippen LogP contribution in [0.5, 0.6) is 0 Å². The van der Waals surface area contributed by atoms with Crippen LogP contribution in [-0.4, -0.2) is 38.0 Å². The van der Waals surface area contributed by atoms with Crippen molar-refractivity contribution in [2.45, 2.75) is 33.6 Å². The maximum atomic E-state index is 11.3. The molecular formula is C11H24N4O. The highest BCUT2D eigenvalue weighted by Gasteiger charge is 1.99. The van der Waals surface area contributed by atoms with Gasteiger partial charge in [-0.05, 0) is 20.3 Å². The van der Waals surface area contributed by atoms with Gasteiger partial charge in [0.15, 0.2) is 5.96 Å². The maximum Gasteiger partial charge on any atom is 0.221 e. The molecule has 0 unspecified atom stereocenters. The Morgan fingerprint density at radius 2 is 1.69 bits per heavy atom. The van der Waals surface area contributed by atoms with E-state index in [-0.39, 0.29) is 5.91 Å². The van der Waals surface area contributed by atoms with Crippen molar-refractivity contribution in [1.29, 1.82) is 0 Å². The van der Waals surface area contributed by atoms with Gasteiger partial charge in [-0.25, -0.2) is 0 Å². The molecule has 0 aromatic heterocycles. The highest BCUT2D eigenvalue weighted by Crippen LogP contribution is 1.83. The van der Waals surface area contributed by atoms with Gasteiger partial charge in [0.25, 0.3) is 0 Å². The third-order valence-corrected chi connectivity index (χ3v) is 1.87. The van der Waals surface area contributed by atoms with Crippen LogP contribution in [0.2, 0.25) is 0 Å². The molecule has 3 N–H and O–H groups in total. The van der Waals surface area contributed by atoms with Crippen molar-refractivity contribution >= 4 is 11.9 Å². The minimum Gasteiger partial charge on any atom is -0.357 e. The lowest BCUT2D eigenvalue weighted by molar-refractivity contribution is -0.120. The lowest BCUT2D eigenvalue weighted by Gasteiger charge is -2.08. The number of nitrogens with zero attached hydrogens (tertiary/aromatic N) is 1. The summed E-state index contributed by atoms with van der Waals surface area (Å²) in [6.45, 7) is 8.98. The van der Waals surface area contributed by atoms with Crippen molar-refractivity contribution < 1.29 is 4.79 Å². The summed E-state index contributed by atoms with van der Waals surface area (Å²) < 4.78 is 0. The van der Waals surface area contributed by atoms with E-state index < -0.39 is 0 Å². The molecule has 5 nitrogen and oxygen atoms in total. The number of hydrogen-bond acceptors (Lipinski definition) is 2. The summed E-state index contributed by atoms with van der Waals surface area (Å²) in [6.07, 6.45) is 1.41. The fourth-order valence-electron chi connectivity index (χ4n) is 1.13. The normalized spacial score (nSPS) is 9.44. The molecule has 16 heavy (non-hydrogen) atoms. The summed E-state index contributed by atoms with van der Waals surface area (Å²) in [5.41, 5.74) is 0. The maximum absolute atomic E-state index is 11.3. The van der Waals surface area contributed by atoms with Gasteiger partial charge in [0.05, 0.1) is 6.54 Å². The number of amides is 1. The quantitative estimate of drug-likeness (QED) is 0.438. The van der Waals surface area contributed by atoms with E-state index in [4.69, 9.17) is 0 Å². The molecule has 94 valence electrons. The molecule has 0 heterocycles. The molecule has 5 heteroatoms. The number of rotatable bonds is 7. The second-order valence-electron chi connectivity index (χ2n) is 3.39. The Morgan fingerprint density at radius 3 is 2.19 bits per heavy atom. The molecule has 0 bridgehead atoms. The van der Waals surface area contributed by atoms with Gasteiger partial charge in [0.2, 0.25) is 5.91 Å². The molecule has 0 rings (SSSR count). The Kier molecular flexibility index (Phi) is 9.46. The van der Waals surface area contributed by atoms with Crippen LogP contribution in [0.25, 0.3) is 0 Å². The third-order valence-electron chi connectivity index (χ3n) is 1.87. The number of nitrogens with one attached hydrogen (secondary N) is 3. The van der Waals surface area contributed by atoms with Gasteiger partial charge in [-0.1, -0.05) is 6.92 Å². The monoisotopic (exact) mass is 228 g/mol. The van der Waals surface area contributed by atoms with Crippen LogP contribution >= 0.6 is 0 Å². The molecule has 0 saturated heterocycles. The zero-order valence-corrected chi connectivity index (χ0v) is 10.6. The average molecular weight is 228 g/mol. The summed E-state index contributed by atoms with van der Waals surface area (Å²) in [7, 11) is 0. The van der Waals surface area contributed by atoms with E-state index in [0.717, 1.165) is 32.0 Å². The summed E-state index contributed by atoms with van der Waals surface area (Å²) in [5, 5.41) is 9.04. The van der Waals surface area contributed by atoms with Crippen molar-refractivity contribution in [2.24, 2.45) is 4.99 Å². The van der Waals surface area contributed by atoms with Crippen LogP contribution in [0.4, 0.5) is 0 Å². The summed E-state index contributed by atoms with van der Waals surface area (Å²) in [5.74, 6) is 0.839. The molecule has 0 saturated carbocycles. The smallest absolute Gasteiger partial charge is 0.221 e. The molecular weight excluding hydrogens is 204 g/mol. The van der Waals surface area contributed by atoms with Crippen molar-refractivity contribution in [1.82, 2.24) is 16.0 Å². The van der Waals surface area contributed by atoms with Crippen molar-refractivity contribution in [3.05, 3.63) is 0 Å². The number of carbonyl (C=O) groups is 1. The Bertz CT molecular complexity index is 208. The van der Waals surface area contributed by atoms with E-state index >= 15 is 0 Å². The average Bonchev–Trinajstić information content (AvgIpc) is 2.27. The molecule has 0 aliphatic heterocycles. The minimum absolute atomic E-state index is 0.0675. The Labute approximate surface area is 98.1 Å². The van der Waals surface area contributed by atoms with E-state index in [1.807, 2.05) is 20.8 Å². The molecule has 0 aromatic carbocycles. The van der Waals surface area contributed by atoms with Crippen LogP contribution in [0, 0.1) is 0 Å². The van der Waals surface area contributed by atoms with E-state index in [1.54, 1.807) is 0 Å². The molecule has 1 amide bonds. The topological polar surface area (TPSA) is 65.5 Å². The molecule has 0 aliphatic carbocycles. The first-order valence-corrected chi connectivity index (χ1v) is 6.03. The molecule has 0 aromatic rings. The van der Waals surface area contributed by atoms with Crippen LogP contribution in [-0.2, 0) is 4.79 Å². The van der Waals surface area contributed by atoms with Gasteiger partial charge < -0.3 is 16.0 Å². The van der Waals surface area contributed by atoms with Crippen molar-refractivity contribution in [2.75, 3.05) is 26.2 Å². The predicted molar refractivity (Wildman–Crippen MR) is 67.6 cm³/mol. The Hall–Kier alpha value is -1.26. The minimum atomic E-state index is 0.0675. The second-order valence-corrected chi connectivity index (χ2v) is 3.39. The Morgan fingerprint density at radius 1 is 1.06 bits per heavy atom. The SMILES string of the molecule is CCCNC(=O)CCN=C(NCC)NCC. The highest BCUT2D eigenvalue weighted by atomic mass is 16.1. The predicted octanol–water partition coefficient (Wildman–Crippen LogP) is 0.478. The number of guanidine groups is 1. The van der Waals surface area contributed by atoms with Crippen LogP contribution in [0.1, 0.15) is 33.6 Å². The fraction of sp³-hybridized carbons (Fsp3) is 0.818. The molecule has 0 aliphatic rings. The summed E-state index contributed by atoms with van der Waals surface area (Å²) in [4.78, 5) is 15.6. The van der Waals surface area contributed by atoms with Gasteiger partial charge in [-0.15, -0.1) is 0 Å². The second kappa shape index (κ2) is 10.3. The van der Waals surface area contributed by atoms with Gasteiger partial charge in [0.1, 0.15) is 0 Å². The van der Waals surface area contributed by atoms with Gasteiger partial charge >= 0.3 is 0 Å². The standard InChI is InChI=1S/C11H24N4O/c1-4-8-14-10(16)7-9-15-11(12-5-2)13-6-3/h4-9H2,1-3H3,(H,14,16)(H2,12,13,15). The van der Waals surface area contributed by atoms with Crippen molar-refractivity contribution in [3.8, 4) is 0 Å². The zero-order chi connectivity index (χ0) is 12.2. The first kappa shape index (κ1) is 14.7. The molecule has 0 atom stereocenters. The lowest BCUT2D eigenvalue weighted by Crippen LogP contribution is -2.37. The van der Waals surface area contributed by atoms with Crippen LogP contribution in [0.3, 0.4) is 0 Å². The van der Waals surface area contributed by atoms with Gasteiger partial charge in [0, 0.05) is 26.1 Å². The summed E-state index contributed by atoms with van der Waals surface area (Å²) >= 11 is 0. The van der Waals surface area contributed by atoms with Crippen LogP contribution in [0.15, 0.2) is 4.99 Å². The zero-order valence-electron chi connectivity index (χ0n) is 10.6. The van der Waals surface area contributed by atoms with Gasteiger partial charge in [-0.3, -0.25) is 9.79 Å². The number of hydrogen-bond donors (Lipinski definition) is 3. The third kappa shape index (κ3) is 8.08. The largest absolute Gasteiger partial charge is 0.357 e. The van der Waals surface area contributed by atoms with E-state index in [2.05, 4.69) is 20.9 Å². The molecule has 0 radical (unpaired) electrons. The van der Waals surface area contributed by atoms with E-state index in [9.17, 15) is 4.79 Å². The van der Waals surface area contributed by atoms with Crippen molar-refractivity contribution in [3.63, 3.8) is 0 Å². The van der Waals surface area contributed by atoms with E-state index in [1.165, 1.54) is 0 Å². The highest BCUT2D eigenvalue weighted by molar-refractivity contribution is 5.80. The fourth-order valence-corrected chi connectivity index (χ4v) is 1.13. The lowest BCUT2D eigenvalue weighted by atomic mass is 10.4. The Balaban J connectivity index is 3.79. The van der Waals surface area contributed by atoms with E-state index in [0.29, 0.717) is 13.0 Å².